The maximum atomic E-state index is 12.0. The van der Waals surface area contributed by atoms with E-state index in [2.05, 4.69) is 23.2 Å². The van der Waals surface area contributed by atoms with Gasteiger partial charge in [-0.1, -0.05) is 47.1 Å². The monoisotopic (exact) mass is 341 g/mol. The van der Waals surface area contributed by atoms with E-state index < -0.39 is 0 Å². The number of hydrogen-bond acceptors (Lipinski definition) is 4. The molecule has 0 aromatic heterocycles. The van der Waals surface area contributed by atoms with Gasteiger partial charge in [0, 0.05) is 32.5 Å². The molecule has 2 heterocycles. The fourth-order valence-electron chi connectivity index (χ4n) is 3.35. The predicted octanol–water partition coefficient (Wildman–Crippen LogP) is 2.83. The average Bonchev–Trinajstić information content (AvgIpc) is 3.01. The lowest BCUT2D eigenvalue weighted by Crippen LogP contribution is -2.32. The van der Waals surface area contributed by atoms with Crippen molar-refractivity contribution < 1.29 is 9.63 Å². The Morgan fingerprint density at radius 2 is 2.08 bits per heavy atom. The molecule has 1 aromatic carbocycles. The van der Waals surface area contributed by atoms with Gasteiger partial charge in [0.1, 0.15) is 6.61 Å². The maximum absolute atomic E-state index is 12.0. The summed E-state index contributed by atoms with van der Waals surface area (Å²) in [6.07, 6.45) is 5.76. The zero-order valence-electron chi connectivity index (χ0n) is 15.0. The Hall–Kier alpha value is -2.14. The number of amides is 1. The minimum absolute atomic E-state index is 0.227. The Morgan fingerprint density at radius 1 is 1.24 bits per heavy atom. The second kappa shape index (κ2) is 8.81. The minimum atomic E-state index is 0.227. The molecule has 5 heteroatoms. The van der Waals surface area contributed by atoms with E-state index in [0.29, 0.717) is 19.6 Å². The normalized spacial score (nSPS) is 19.2. The van der Waals surface area contributed by atoms with Gasteiger partial charge >= 0.3 is 0 Å². The Balaban J connectivity index is 1.63. The van der Waals surface area contributed by atoms with E-state index in [0.717, 1.165) is 50.2 Å². The van der Waals surface area contributed by atoms with Crippen LogP contribution in [0.1, 0.15) is 31.2 Å². The molecule has 0 radical (unpaired) electrons. The van der Waals surface area contributed by atoms with Gasteiger partial charge in [-0.25, -0.2) is 0 Å². The molecule has 0 N–H and O–H groups in total. The quantitative estimate of drug-likeness (QED) is 0.435. The summed E-state index contributed by atoms with van der Waals surface area (Å²) < 4.78 is 0. The van der Waals surface area contributed by atoms with Crippen molar-refractivity contribution >= 4 is 11.6 Å². The van der Waals surface area contributed by atoms with Crippen LogP contribution in [0.3, 0.4) is 0 Å². The van der Waals surface area contributed by atoms with Crippen LogP contribution in [0.4, 0.5) is 0 Å². The first-order valence-corrected chi connectivity index (χ1v) is 9.06. The van der Waals surface area contributed by atoms with Crippen molar-refractivity contribution in [3.8, 4) is 0 Å². The molecule has 2 aliphatic heterocycles. The Bertz CT molecular complexity index is 640. The molecule has 1 fully saturated rings. The first-order valence-electron chi connectivity index (χ1n) is 9.06. The van der Waals surface area contributed by atoms with Gasteiger partial charge < -0.3 is 14.6 Å². The highest BCUT2D eigenvalue weighted by atomic mass is 16.6. The summed E-state index contributed by atoms with van der Waals surface area (Å²) in [6, 6.07) is 10.0. The number of carbonyl (C=O) groups excluding carboxylic acids is 1. The van der Waals surface area contributed by atoms with Gasteiger partial charge in [-0.05, 0) is 25.5 Å². The lowest BCUT2D eigenvalue weighted by atomic mass is 10.0. The highest BCUT2D eigenvalue weighted by Gasteiger charge is 2.22. The minimum Gasteiger partial charge on any atom is -0.391 e. The molecule has 0 saturated carbocycles. The van der Waals surface area contributed by atoms with E-state index >= 15 is 0 Å². The van der Waals surface area contributed by atoms with Gasteiger partial charge in [-0.2, -0.15) is 0 Å². The summed E-state index contributed by atoms with van der Waals surface area (Å²) in [5.74, 6) is 0.227. The molecule has 1 aromatic rings. The second-order valence-corrected chi connectivity index (χ2v) is 6.90. The van der Waals surface area contributed by atoms with E-state index in [1.54, 1.807) is 0 Å². The Morgan fingerprint density at radius 3 is 2.80 bits per heavy atom. The Labute approximate surface area is 149 Å². The smallest absolute Gasteiger partial charge is 0.222 e. The standard InChI is InChI=1S/C20H27N3O2/c1-22-11-5-9-18(14-22)13-19(15-23-12-6-10-20(23)24)21-25-16-17-7-3-2-4-8-17/h2-4,7-9H,5-6,10-16H2,1H3. The average molecular weight is 341 g/mol. The SMILES string of the molecule is CN1CCC=C(CC(CN2CCCC2=O)=NOCc2ccccc2)C1. The van der Waals surface area contributed by atoms with Crippen molar-refractivity contribution in [3.05, 3.63) is 47.5 Å². The van der Waals surface area contributed by atoms with Gasteiger partial charge in [0.2, 0.25) is 5.91 Å². The fraction of sp³-hybridized carbons (Fsp3) is 0.500. The molecule has 2 aliphatic rings. The summed E-state index contributed by atoms with van der Waals surface area (Å²) >= 11 is 0. The van der Waals surface area contributed by atoms with E-state index in [1.807, 2.05) is 35.2 Å². The van der Waals surface area contributed by atoms with Crippen molar-refractivity contribution in [1.29, 1.82) is 0 Å². The summed E-state index contributed by atoms with van der Waals surface area (Å²) in [5, 5.41) is 4.40. The third-order valence-corrected chi connectivity index (χ3v) is 4.66. The highest BCUT2D eigenvalue weighted by molar-refractivity contribution is 5.91. The lowest BCUT2D eigenvalue weighted by Gasteiger charge is -2.24. The largest absolute Gasteiger partial charge is 0.391 e. The van der Waals surface area contributed by atoms with Crippen LogP contribution in [0, 0.1) is 0 Å². The number of carbonyl (C=O) groups is 1. The van der Waals surface area contributed by atoms with Crippen LogP contribution in [0.15, 0.2) is 47.1 Å². The summed E-state index contributed by atoms with van der Waals surface area (Å²) in [5.41, 5.74) is 3.40. The zero-order valence-corrected chi connectivity index (χ0v) is 15.0. The van der Waals surface area contributed by atoms with E-state index in [1.165, 1.54) is 5.57 Å². The van der Waals surface area contributed by atoms with Crippen LogP contribution in [0.25, 0.3) is 0 Å². The number of hydrogen-bond donors (Lipinski definition) is 0. The van der Waals surface area contributed by atoms with E-state index in [-0.39, 0.29) is 5.91 Å². The van der Waals surface area contributed by atoms with Crippen LogP contribution in [-0.4, -0.2) is 54.6 Å². The maximum Gasteiger partial charge on any atom is 0.222 e. The molecule has 0 atom stereocenters. The number of likely N-dealkylation sites (N-methyl/N-ethyl adjacent to an activating group) is 1. The Kier molecular flexibility index (Phi) is 6.23. The topological polar surface area (TPSA) is 45.1 Å². The third kappa shape index (κ3) is 5.43. The van der Waals surface area contributed by atoms with Gasteiger partial charge in [0.15, 0.2) is 0 Å². The molecule has 0 spiro atoms. The van der Waals surface area contributed by atoms with Gasteiger partial charge in [0.25, 0.3) is 0 Å². The predicted molar refractivity (Wildman–Crippen MR) is 99.3 cm³/mol. The molecular formula is C20H27N3O2. The molecule has 0 bridgehead atoms. The van der Waals surface area contributed by atoms with Crippen molar-refractivity contribution in [1.82, 2.24) is 9.80 Å². The van der Waals surface area contributed by atoms with Crippen molar-refractivity contribution in [2.24, 2.45) is 5.16 Å². The van der Waals surface area contributed by atoms with Gasteiger partial charge in [-0.3, -0.25) is 4.79 Å². The van der Waals surface area contributed by atoms with Crippen LogP contribution in [0.5, 0.6) is 0 Å². The molecule has 0 unspecified atom stereocenters. The molecule has 25 heavy (non-hydrogen) atoms. The van der Waals surface area contributed by atoms with Crippen LogP contribution >= 0.6 is 0 Å². The molecular weight excluding hydrogens is 314 g/mol. The van der Waals surface area contributed by atoms with Crippen LogP contribution in [-0.2, 0) is 16.2 Å². The lowest BCUT2D eigenvalue weighted by molar-refractivity contribution is -0.127. The van der Waals surface area contributed by atoms with Gasteiger partial charge in [-0.15, -0.1) is 0 Å². The zero-order chi connectivity index (χ0) is 17.5. The first kappa shape index (κ1) is 17.7. The van der Waals surface area contributed by atoms with E-state index in [4.69, 9.17) is 4.84 Å². The molecule has 5 nitrogen and oxygen atoms in total. The second-order valence-electron chi connectivity index (χ2n) is 6.90. The highest BCUT2D eigenvalue weighted by Crippen LogP contribution is 2.16. The third-order valence-electron chi connectivity index (χ3n) is 4.66. The van der Waals surface area contributed by atoms with Crippen LogP contribution < -0.4 is 0 Å². The molecule has 1 amide bonds. The summed E-state index contributed by atoms with van der Waals surface area (Å²) in [7, 11) is 2.14. The van der Waals surface area contributed by atoms with Crippen LogP contribution in [0.2, 0.25) is 0 Å². The number of rotatable bonds is 7. The van der Waals surface area contributed by atoms with Crippen molar-refractivity contribution in [3.63, 3.8) is 0 Å². The van der Waals surface area contributed by atoms with Crippen molar-refractivity contribution in [2.45, 2.75) is 32.3 Å². The number of benzene rings is 1. The van der Waals surface area contributed by atoms with Crippen molar-refractivity contribution in [2.75, 3.05) is 33.2 Å². The molecule has 0 aliphatic carbocycles. The molecule has 3 rings (SSSR count). The number of nitrogens with zero attached hydrogens (tertiary/aromatic N) is 3. The summed E-state index contributed by atoms with van der Waals surface area (Å²) in [4.78, 5) is 21.8. The van der Waals surface area contributed by atoms with E-state index in [9.17, 15) is 4.79 Å². The fourth-order valence-corrected chi connectivity index (χ4v) is 3.35. The van der Waals surface area contributed by atoms with Gasteiger partial charge in [0.05, 0.1) is 12.3 Å². The first-order chi connectivity index (χ1) is 12.2. The number of likely N-dealkylation sites (tertiary alicyclic amines) is 1. The molecule has 1 saturated heterocycles. The summed E-state index contributed by atoms with van der Waals surface area (Å²) in [6.45, 7) is 3.93. The number of oxime groups is 1. The molecule has 134 valence electrons.